The van der Waals surface area contributed by atoms with Gasteiger partial charge in [-0.1, -0.05) is 60.7 Å². The number of ether oxygens (including phenoxy) is 3. The summed E-state index contributed by atoms with van der Waals surface area (Å²) in [5, 5.41) is 0. The van der Waals surface area contributed by atoms with Crippen LogP contribution in [0.2, 0.25) is 0 Å². The summed E-state index contributed by atoms with van der Waals surface area (Å²) in [5.41, 5.74) is 8.23. The molecular formula is C26H27NO5. The molecule has 3 aromatic carbocycles. The molecule has 0 aliphatic heterocycles. The molecule has 0 bridgehead atoms. The predicted molar refractivity (Wildman–Crippen MR) is 122 cm³/mol. The van der Waals surface area contributed by atoms with Gasteiger partial charge >= 0.3 is 5.97 Å². The Labute approximate surface area is 187 Å². The fourth-order valence-corrected chi connectivity index (χ4v) is 3.27. The van der Waals surface area contributed by atoms with Gasteiger partial charge < -0.3 is 19.9 Å². The normalized spacial score (nSPS) is 11.5. The summed E-state index contributed by atoms with van der Waals surface area (Å²) < 4.78 is 16.4. The minimum atomic E-state index is -0.862. The number of rotatable bonds is 11. The lowest BCUT2D eigenvalue weighted by molar-refractivity contribution is -0.141. The van der Waals surface area contributed by atoms with E-state index in [0.717, 1.165) is 16.9 Å². The number of amides is 1. The Kier molecular flexibility index (Phi) is 8.40. The SMILES string of the molecule is COC(=O)CCCCOC(C(N)=O)c1ccc(Oc2ccccc2-c2ccccc2)cc1. The third-order valence-electron chi connectivity index (χ3n) is 4.93. The average Bonchev–Trinajstić information content (AvgIpc) is 2.82. The first-order chi connectivity index (χ1) is 15.6. The Morgan fingerprint density at radius 1 is 0.875 bits per heavy atom. The molecule has 0 heterocycles. The van der Waals surface area contributed by atoms with Gasteiger partial charge in [0, 0.05) is 18.6 Å². The van der Waals surface area contributed by atoms with Gasteiger partial charge in [0.25, 0.3) is 5.91 Å². The number of esters is 1. The maximum atomic E-state index is 11.9. The Hall–Kier alpha value is -3.64. The summed E-state index contributed by atoms with van der Waals surface area (Å²) in [5.74, 6) is 0.542. The molecule has 2 N–H and O–H groups in total. The van der Waals surface area contributed by atoms with E-state index in [1.165, 1.54) is 7.11 Å². The van der Waals surface area contributed by atoms with E-state index in [1.54, 1.807) is 24.3 Å². The minimum Gasteiger partial charge on any atom is -0.469 e. The van der Waals surface area contributed by atoms with Crippen molar-refractivity contribution in [3.63, 3.8) is 0 Å². The quantitative estimate of drug-likeness (QED) is 0.338. The van der Waals surface area contributed by atoms with Crippen molar-refractivity contribution >= 4 is 11.9 Å². The Morgan fingerprint density at radius 2 is 1.56 bits per heavy atom. The number of primary amides is 1. The van der Waals surface area contributed by atoms with Gasteiger partial charge in [-0.25, -0.2) is 0 Å². The number of hydrogen-bond donors (Lipinski definition) is 1. The van der Waals surface area contributed by atoms with Crippen LogP contribution in [-0.2, 0) is 19.1 Å². The first-order valence-corrected chi connectivity index (χ1v) is 10.5. The second kappa shape index (κ2) is 11.7. The van der Waals surface area contributed by atoms with Crippen molar-refractivity contribution in [2.24, 2.45) is 5.73 Å². The highest BCUT2D eigenvalue weighted by Crippen LogP contribution is 2.33. The van der Waals surface area contributed by atoms with Crippen LogP contribution < -0.4 is 10.5 Å². The Morgan fingerprint density at radius 3 is 2.25 bits per heavy atom. The largest absolute Gasteiger partial charge is 0.469 e. The van der Waals surface area contributed by atoms with E-state index in [4.69, 9.17) is 15.2 Å². The Balaban J connectivity index is 1.64. The molecule has 1 atom stereocenters. The summed E-state index contributed by atoms with van der Waals surface area (Å²) >= 11 is 0. The van der Waals surface area contributed by atoms with Crippen LogP contribution in [0.25, 0.3) is 11.1 Å². The lowest BCUT2D eigenvalue weighted by Crippen LogP contribution is -2.24. The zero-order valence-corrected chi connectivity index (χ0v) is 18.0. The predicted octanol–water partition coefficient (Wildman–Crippen LogP) is 5.03. The number of carbonyl (C=O) groups excluding carboxylic acids is 2. The number of nitrogens with two attached hydrogens (primary N) is 1. The van der Waals surface area contributed by atoms with E-state index < -0.39 is 12.0 Å². The zero-order chi connectivity index (χ0) is 22.8. The lowest BCUT2D eigenvalue weighted by Gasteiger charge is -2.16. The van der Waals surface area contributed by atoms with Crippen LogP contribution in [0.1, 0.15) is 30.9 Å². The fourth-order valence-electron chi connectivity index (χ4n) is 3.27. The van der Waals surface area contributed by atoms with Crippen LogP contribution in [0, 0.1) is 0 Å². The maximum Gasteiger partial charge on any atom is 0.305 e. The second-order valence-corrected chi connectivity index (χ2v) is 7.22. The summed E-state index contributed by atoms with van der Waals surface area (Å²) in [6.07, 6.45) is 0.693. The highest BCUT2D eigenvalue weighted by atomic mass is 16.5. The van der Waals surface area contributed by atoms with E-state index in [9.17, 15) is 9.59 Å². The van der Waals surface area contributed by atoms with Crippen molar-refractivity contribution in [3.05, 3.63) is 84.4 Å². The molecule has 0 spiro atoms. The van der Waals surface area contributed by atoms with E-state index in [2.05, 4.69) is 4.74 Å². The summed E-state index contributed by atoms with van der Waals surface area (Å²) in [7, 11) is 1.36. The number of hydrogen-bond acceptors (Lipinski definition) is 5. The van der Waals surface area contributed by atoms with Crippen LogP contribution in [0.15, 0.2) is 78.9 Å². The number of methoxy groups -OCH3 is 1. The van der Waals surface area contributed by atoms with Crippen LogP contribution >= 0.6 is 0 Å². The molecule has 0 radical (unpaired) electrons. The van der Waals surface area contributed by atoms with Gasteiger partial charge in [0.15, 0.2) is 6.10 Å². The van der Waals surface area contributed by atoms with Crippen LogP contribution in [0.5, 0.6) is 11.5 Å². The first-order valence-electron chi connectivity index (χ1n) is 10.5. The van der Waals surface area contributed by atoms with Gasteiger partial charge in [0.2, 0.25) is 0 Å². The van der Waals surface area contributed by atoms with Gasteiger partial charge in [-0.05, 0) is 42.2 Å². The van der Waals surface area contributed by atoms with Gasteiger partial charge in [-0.3, -0.25) is 9.59 Å². The second-order valence-electron chi connectivity index (χ2n) is 7.22. The van der Waals surface area contributed by atoms with Crippen LogP contribution in [-0.4, -0.2) is 25.6 Å². The molecule has 6 nitrogen and oxygen atoms in total. The smallest absolute Gasteiger partial charge is 0.305 e. The van der Waals surface area contributed by atoms with E-state index in [-0.39, 0.29) is 5.97 Å². The molecule has 0 fully saturated rings. The van der Waals surface area contributed by atoms with E-state index in [1.807, 2.05) is 54.6 Å². The van der Waals surface area contributed by atoms with Gasteiger partial charge in [-0.2, -0.15) is 0 Å². The third-order valence-corrected chi connectivity index (χ3v) is 4.93. The maximum absolute atomic E-state index is 11.9. The summed E-state index contributed by atoms with van der Waals surface area (Å²) in [6.45, 7) is 0.313. The highest BCUT2D eigenvalue weighted by Gasteiger charge is 2.18. The molecule has 0 aromatic heterocycles. The van der Waals surface area contributed by atoms with Gasteiger partial charge in [0.05, 0.1) is 7.11 Å². The molecule has 166 valence electrons. The van der Waals surface area contributed by atoms with Gasteiger partial charge in [0.1, 0.15) is 11.5 Å². The monoisotopic (exact) mass is 433 g/mol. The topological polar surface area (TPSA) is 87.9 Å². The third kappa shape index (κ3) is 6.43. The molecule has 0 saturated heterocycles. The lowest BCUT2D eigenvalue weighted by atomic mass is 10.0. The van der Waals surface area contributed by atoms with Crippen molar-refractivity contribution in [3.8, 4) is 22.6 Å². The Bertz CT molecular complexity index is 1020. The number of carbonyl (C=O) groups is 2. The number of benzene rings is 3. The van der Waals surface area contributed by atoms with Crippen LogP contribution in [0.3, 0.4) is 0 Å². The first kappa shape index (κ1) is 23.0. The molecule has 3 rings (SSSR count). The fraction of sp³-hybridized carbons (Fsp3) is 0.231. The number of para-hydroxylation sites is 1. The van der Waals surface area contributed by atoms with E-state index in [0.29, 0.717) is 37.2 Å². The molecule has 0 aliphatic rings. The molecule has 3 aromatic rings. The van der Waals surface area contributed by atoms with Crippen molar-refractivity contribution in [1.29, 1.82) is 0 Å². The average molecular weight is 434 g/mol. The zero-order valence-electron chi connectivity index (χ0n) is 18.0. The van der Waals surface area contributed by atoms with Crippen molar-refractivity contribution in [2.45, 2.75) is 25.4 Å². The minimum absolute atomic E-state index is 0.263. The molecule has 6 heteroatoms. The summed E-state index contributed by atoms with van der Waals surface area (Å²) in [4.78, 5) is 23.0. The van der Waals surface area contributed by atoms with Crippen molar-refractivity contribution in [1.82, 2.24) is 0 Å². The molecule has 1 amide bonds. The molecular weight excluding hydrogens is 406 g/mol. The van der Waals surface area contributed by atoms with Crippen molar-refractivity contribution < 1.29 is 23.8 Å². The standard InChI is InChI=1S/C26H27NO5/c1-30-24(28)13-7-8-18-31-25(26(27)29)20-14-16-21(17-15-20)32-23-12-6-5-11-22(23)19-9-3-2-4-10-19/h2-6,9-12,14-17,25H,7-8,13,18H2,1H3,(H2,27,29). The highest BCUT2D eigenvalue weighted by molar-refractivity contribution is 5.80. The molecule has 1 unspecified atom stereocenters. The number of unbranched alkanes of at least 4 members (excludes halogenated alkanes) is 1. The van der Waals surface area contributed by atoms with E-state index >= 15 is 0 Å². The molecule has 0 aliphatic carbocycles. The molecule has 32 heavy (non-hydrogen) atoms. The van der Waals surface area contributed by atoms with Crippen molar-refractivity contribution in [2.75, 3.05) is 13.7 Å². The van der Waals surface area contributed by atoms with Crippen LogP contribution in [0.4, 0.5) is 0 Å². The van der Waals surface area contributed by atoms with Gasteiger partial charge in [-0.15, -0.1) is 0 Å². The summed E-state index contributed by atoms with van der Waals surface area (Å²) in [6, 6.07) is 24.9. The molecule has 0 saturated carbocycles.